The van der Waals surface area contributed by atoms with E-state index in [1.54, 1.807) is 12.1 Å². The molecule has 0 saturated carbocycles. The van der Waals surface area contributed by atoms with Crippen molar-refractivity contribution in [2.75, 3.05) is 26.7 Å². The van der Waals surface area contributed by atoms with Crippen molar-refractivity contribution in [3.05, 3.63) is 62.3 Å². The smallest absolute Gasteiger partial charge is 0.269 e. The van der Waals surface area contributed by atoms with Gasteiger partial charge in [-0.15, -0.1) is 35.3 Å². The Morgan fingerprint density at radius 1 is 1.33 bits per heavy atom. The zero-order valence-corrected chi connectivity index (χ0v) is 20.6. The second kappa shape index (κ2) is 12.2. The second-order valence-corrected chi connectivity index (χ2v) is 8.33. The van der Waals surface area contributed by atoms with Gasteiger partial charge in [0.15, 0.2) is 5.96 Å². The highest BCUT2D eigenvalue weighted by molar-refractivity contribution is 14.0. The van der Waals surface area contributed by atoms with Crippen LogP contribution >= 0.6 is 35.3 Å². The molecule has 2 atom stereocenters. The van der Waals surface area contributed by atoms with E-state index in [-0.39, 0.29) is 34.6 Å². The molecular formula is C21H30IN5O2S. The van der Waals surface area contributed by atoms with Gasteiger partial charge in [0.1, 0.15) is 0 Å². The first-order chi connectivity index (χ1) is 14.1. The number of aliphatic imine (C=N–C) groups is 1. The number of thiophene rings is 1. The molecule has 164 valence electrons. The van der Waals surface area contributed by atoms with Gasteiger partial charge in [0.2, 0.25) is 0 Å². The van der Waals surface area contributed by atoms with E-state index in [1.165, 1.54) is 23.8 Å². The molecule has 1 aliphatic heterocycles. The van der Waals surface area contributed by atoms with Crippen molar-refractivity contribution in [3.63, 3.8) is 0 Å². The van der Waals surface area contributed by atoms with E-state index >= 15 is 0 Å². The molecule has 30 heavy (non-hydrogen) atoms. The van der Waals surface area contributed by atoms with Crippen LogP contribution in [0.5, 0.6) is 0 Å². The lowest BCUT2D eigenvalue weighted by atomic mass is 9.88. The normalized spacial score (nSPS) is 19.7. The fraction of sp³-hybridized carbons (Fsp3) is 0.476. The van der Waals surface area contributed by atoms with Crippen molar-refractivity contribution in [3.8, 4) is 0 Å². The van der Waals surface area contributed by atoms with Crippen molar-refractivity contribution in [2.24, 2.45) is 10.9 Å². The maximum Gasteiger partial charge on any atom is 0.269 e. The zero-order valence-electron chi connectivity index (χ0n) is 17.4. The molecule has 1 fully saturated rings. The lowest BCUT2D eigenvalue weighted by Crippen LogP contribution is -2.44. The van der Waals surface area contributed by atoms with E-state index in [9.17, 15) is 10.1 Å². The van der Waals surface area contributed by atoms with Crippen LogP contribution in [0.25, 0.3) is 0 Å². The number of non-ortho nitro benzene ring substituents is 1. The Morgan fingerprint density at radius 3 is 2.87 bits per heavy atom. The number of nitro groups is 1. The standard InChI is InChI=1S/C21H29N5O2S.HI/c1-3-22-21(23-14-16-7-4-9-18(13-16)26(27)28)24-15-17-8-5-11-25(2)20(17)19-10-6-12-29-19;/h4,6-7,9-10,12-13,17,20H,3,5,8,11,14-15H2,1-2H3,(H2,22,23,24);1H. The molecule has 2 heterocycles. The third kappa shape index (κ3) is 6.64. The second-order valence-electron chi connectivity index (χ2n) is 7.35. The zero-order chi connectivity index (χ0) is 20.6. The lowest BCUT2D eigenvalue weighted by molar-refractivity contribution is -0.384. The number of piperidine rings is 1. The monoisotopic (exact) mass is 543 g/mol. The largest absolute Gasteiger partial charge is 0.357 e. The fourth-order valence-electron chi connectivity index (χ4n) is 3.89. The summed E-state index contributed by atoms with van der Waals surface area (Å²) in [5.41, 5.74) is 0.921. The first-order valence-corrected chi connectivity index (χ1v) is 11.0. The molecule has 0 spiro atoms. The molecule has 1 aromatic carbocycles. The van der Waals surface area contributed by atoms with Gasteiger partial charge >= 0.3 is 0 Å². The Balaban J connectivity index is 0.00000320. The number of hydrogen-bond donors (Lipinski definition) is 2. The van der Waals surface area contributed by atoms with Crippen LogP contribution in [0.4, 0.5) is 5.69 Å². The minimum Gasteiger partial charge on any atom is -0.357 e. The topological polar surface area (TPSA) is 82.8 Å². The summed E-state index contributed by atoms with van der Waals surface area (Å²) < 4.78 is 0. The number of nitro benzene ring substituents is 1. The van der Waals surface area contributed by atoms with Crippen molar-refractivity contribution in [2.45, 2.75) is 32.4 Å². The molecule has 0 amide bonds. The van der Waals surface area contributed by atoms with E-state index in [2.05, 4.69) is 45.1 Å². The number of nitrogens with one attached hydrogen (secondary N) is 2. The summed E-state index contributed by atoms with van der Waals surface area (Å²) in [6.07, 6.45) is 2.39. The van der Waals surface area contributed by atoms with E-state index in [0.717, 1.165) is 31.2 Å². The predicted octanol–water partition coefficient (Wildman–Crippen LogP) is 4.41. The minimum absolute atomic E-state index is 0. The predicted molar refractivity (Wildman–Crippen MR) is 134 cm³/mol. The summed E-state index contributed by atoms with van der Waals surface area (Å²) in [5, 5.41) is 19.9. The summed E-state index contributed by atoms with van der Waals surface area (Å²) in [5.74, 6) is 1.26. The van der Waals surface area contributed by atoms with Crippen LogP contribution in [-0.2, 0) is 6.54 Å². The van der Waals surface area contributed by atoms with E-state index in [1.807, 2.05) is 24.3 Å². The fourth-order valence-corrected chi connectivity index (χ4v) is 4.87. The number of likely N-dealkylation sites (tertiary alicyclic amines) is 1. The molecule has 0 aliphatic carbocycles. The average molecular weight is 543 g/mol. The maximum absolute atomic E-state index is 11.0. The summed E-state index contributed by atoms with van der Waals surface area (Å²) in [4.78, 5) is 19.1. The SMILES string of the molecule is CCNC(=NCc1cccc([N+](=O)[O-])c1)NCC1CCCN(C)C1c1cccs1.I. The number of benzene rings is 1. The lowest BCUT2D eigenvalue weighted by Gasteiger charge is -2.39. The van der Waals surface area contributed by atoms with Crippen LogP contribution in [0.3, 0.4) is 0 Å². The number of hydrogen-bond acceptors (Lipinski definition) is 5. The molecule has 2 unspecified atom stereocenters. The third-order valence-corrected chi connectivity index (χ3v) is 6.20. The Labute approximate surface area is 199 Å². The quantitative estimate of drug-likeness (QED) is 0.178. The minimum atomic E-state index is -0.374. The average Bonchev–Trinajstić information content (AvgIpc) is 3.24. The van der Waals surface area contributed by atoms with Gasteiger partial charge in [-0.25, -0.2) is 4.99 Å². The van der Waals surface area contributed by atoms with Crippen molar-refractivity contribution in [1.29, 1.82) is 0 Å². The summed E-state index contributed by atoms with van der Waals surface area (Å²) in [7, 11) is 2.21. The van der Waals surface area contributed by atoms with Gasteiger partial charge < -0.3 is 10.6 Å². The summed E-state index contributed by atoms with van der Waals surface area (Å²) in [6.45, 7) is 5.16. The van der Waals surface area contributed by atoms with Gasteiger partial charge in [0.25, 0.3) is 5.69 Å². The van der Waals surface area contributed by atoms with Crippen LogP contribution in [0.15, 0.2) is 46.8 Å². The third-order valence-electron chi connectivity index (χ3n) is 5.26. The van der Waals surface area contributed by atoms with Gasteiger partial charge in [0, 0.05) is 36.1 Å². The summed E-state index contributed by atoms with van der Waals surface area (Å²) >= 11 is 1.82. The molecule has 9 heteroatoms. The molecule has 3 rings (SSSR count). The number of nitrogens with zero attached hydrogens (tertiary/aromatic N) is 3. The van der Waals surface area contributed by atoms with Gasteiger partial charge in [-0.2, -0.15) is 0 Å². The highest BCUT2D eigenvalue weighted by Crippen LogP contribution is 2.36. The van der Waals surface area contributed by atoms with Crippen LogP contribution in [0.2, 0.25) is 0 Å². The van der Waals surface area contributed by atoms with Gasteiger partial charge in [-0.05, 0) is 56.3 Å². The summed E-state index contributed by atoms with van der Waals surface area (Å²) in [6, 6.07) is 11.4. The van der Waals surface area contributed by atoms with E-state index < -0.39 is 0 Å². The molecule has 1 aromatic heterocycles. The molecule has 1 aliphatic rings. The van der Waals surface area contributed by atoms with E-state index in [4.69, 9.17) is 0 Å². The molecule has 2 aromatic rings. The molecule has 7 nitrogen and oxygen atoms in total. The molecule has 2 N–H and O–H groups in total. The Bertz CT molecular complexity index is 831. The van der Waals surface area contributed by atoms with Gasteiger partial charge in [-0.3, -0.25) is 15.0 Å². The number of rotatable bonds is 7. The highest BCUT2D eigenvalue weighted by Gasteiger charge is 2.31. The molecule has 1 saturated heterocycles. The van der Waals surface area contributed by atoms with Crippen molar-refractivity contribution in [1.82, 2.24) is 15.5 Å². The van der Waals surface area contributed by atoms with Gasteiger partial charge in [0.05, 0.1) is 11.5 Å². The van der Waals surface area contributed by atoms with Crippen molar-refractivity contribution >= 4 is 47.0 Å². The first-order valence-electron chi connectivity index (χ1n) is 10.1. The van der Waals surface area contributed by atoms with Crippen LogP contribution in [0.1, 0.15) is 36.2 Å². The highest BCUT2D eigenvalue weighted by atomic mass is 127. The van der Waals surface area contributed by atoms with Crippen LogP contribution < -0.4 is 10.6 Å². The van der Waals surface area contributed by atoms with Gasteiger partial charge in [-0.1, -0.05) is 18.2 Å². The Morgan fingerprint density at radius 2 is 2.17 bits per heavy atom. The molecule has 0 bridgehead atoms. The van der Waals surface area contributed by atoms with Crippen LogP contribution in [-0.4, -0.2) is 42.5 Å². The van der Waals surface area contributed by atoms with E-state index in [0.29, 0.717) is 18.5 Å². The number of halogens is 1. The molecule has 0 radical (unpaired) electrons. The Hall–Kier alpha value is -1.72. The maximum atomic E-state index is 11.0. The van der Waals surface area contributed by atoms with Crippen molar-refractivity contribution < 1.29 is 4.92 Å². The molecular weight excluding hydrogens is 513 g/mol. The van der Waals surface area contributed by atoms with Crippen LogP contribution in [0, 0.1) is 16.0 Å². The first kappa shape index (κ1) is 24.5. The number of guanidine groups is 1. The Kier molecular flexibility index (Phi) is 9.99.